The van der Waals surface area contributed by atoms with Crippen LogP contribution in [0.3, 0.4) is 0 Å². The van der Waals surface area contributed by atoms with Crippen molar-refractivity contribution in [3.05, 3.63) is 60.2 Å². The van der Waals surface area contributed by atoms with Crippen molar-refractivity contribution in [2.45, 2.75) is 18.9 Å². The summed E-state index contributed by atoms with van der Waals surface area (Å²) in [6.45, 7) is 0.976. The molecule has 0 saturated carbocycles. The molecule has 0 aliphatic carbocycles. The van der Waals surface area contributed by atoms with E-state index in [1.54, 1.807) is 0 Å². The van der Waals surface area contributed by atoms with E-state index in [1.165, 1.54) is 27.1 Å². The van der Waals surface area contributed by atoms with Crippen LogP contribution in [0.1, 0.15) is 24.4 Å². The van der Waals surface area contributed by atoms with Crippen molar-refractivity contribution >= 4 is 27.5 Å². The number of benzene rings is 3. The quantitative estimate of drug-likeness (QED) is 0.737. The van der Waals surface area contributed by atoms with Crippen LogP contribution in [0, 0.1) is 0 Å². The summed E-state index contributed by atoms with van der Waals surface area (Å²) in [5.74, 6) is -0.748. The molecule has 1 heterocycles. The van der Waals surface area contributed by atoms with Gasteiger partial charge in [-0.15, -0.1) is 0 Å². The zero-order chi connectivity index (χ0) is 15.8. The molecule has 23 heavy (non-hydrogen) atoms. The van der Waals surface area contributed by atoms with Crippen LogP contribution in [-0.2, 0) is 4.79 Å². The minimum atomic E-state index is -0.748. The third-order valence-electron chi connectivity index (χ3n) is 4.86. The molecule has 1 fully saturated rings. The fraction of sp³-hybridized carbons (Fsp3) is 0.250. The molecule has 0 amide bonds. The smallest absolute Gasteiger partial charge is 0.317 e. The Labute approximate surface area is 135 Å². The maximum Gasteiger partial charge on any atom is 0.317 e. The van der Waals surface area contributed by atoms with Gasteiger partial charge in [-0.3, -0.25) is 9.69 Å². The minimum Gasteiger partial charge on any atom is -0.480 e. The van der Waals surface area contributed by atoms with E-state index in [2.05, 4.69) is 59.5 Å². The zero-order valence-electron chi connectivity index (χ0n) is 12.9. The van der Waals surface area contributed by atoms with E-state index < -0.39 is 5.97 Å². The maximum atomic E-state index is 11.2. The molecule has 3 heteroatoms. The topological polar surface area (TPSA) is 40.5 Å². The molecule has 1 atom stereocenters. The summed E-state index contributed by atoms with van der Waals surface area (Å²) in [5, 5.41) is 14.2. The second-order valence-corrected chi connectivity index (χ2v) is 6.25. The van der Waals surface area contributed by atoms with Gasteiger partial charge in [0.15, 0.2) is 0 Å². The van der Waals surface area contributed by atoms with Crippen LogP contribution in [0.15, 0.2) is 54.6 Å². The van der Waals surface area contributed by atoms with E-state index in [9.17, 15) is 9.90 Å². The van der Waals surface area contributed by atoms with Crippen molar-refractivity contribution < 1.29 is 9.90 Å². The lowest BCUT2D eigenvalue weighted by Crippen LogP contribution is -2.29. The van der Waals surface area contributed by atoms with E-state index in [1.807, 2.05) is 0 Å². The molecule has 3 nitrogen and oxygen atoms in total. The first kappa shape index (κ1) is 14.2. The van der Waals surface area contributed by atoms with Gasteiger partial charge in [-0.1, -0.05) is 48.5 Å². The molecule has 3 aromatic rings. The largest absolute Gasteiger partial charge is 0.480 e. The van der Waals surface area contributed by atoms with Crippen LogP contribution in [0.5, 0.6) is 0 Å². The Kier molecular flexibility index (Phi) is 3.50. The van der Waals surface area contributed by atoms with Crippen molar-refractivity contribution in [3.8, 4) is 0 Å². The van der Waals surface area contributed by atoms with Crippen LogP contribution in [0.2, 0.25) is 0 Å². The Morgan fingerprint density at radius 3 is 2.52 bits per heavy atom. The summed E-state index contributed by atoms with van der Waals surface area (Å²) < 4.78 is 0. The van der Waals surface area contributed by atoms with Crippen LogP contribution >= 0.6 is 0 Å². The molecule has 4 rings (SSSR count). The molecular weight excluding hydrogens is 286 g/mol. The summed E-state index contributed by atoms with van der Waals surface area (Å²) in [4.78, 5) is 13.3. The number of carbonyl (C=O) groups is 1. The van der Waals surface area contributed by atoms with Crippen molar-refractivity contribution in [1.82, 2.24) is 4.90 Å². The first-order valence-corrected chi connectivity index (χ1v) is 8.10. The third-order valence-corrected chi connectivity index (χ3v) is 4.86. The third kappa shape index (κ3) is 2.47. The van der Waals surface area contributed by atoms with E-state index in [4.69, 9.17) is 0 Å². The van der Waals surface area contributed by atoms with Crippen molar-refractivity contribution in [2.24, 2.45) is 0 Å². The first-order valence-electron chi connectivity index (χ1n) is 8.10. The highest BCUT2D eigenvalue weighted by Crippen LogP contribution is 2.38. The average Bonchev–Trinajstić information content (AvgIpc) is 3.01. The van der Waals surface area contributed by atoms with Crippen molar-refractivity contribution in [2.75, 3.05) is 13.1 Å². The fourth-order valence-electron chi connectivity index (χ4n) is 3.90. The van der Waals surface area contributed by atoms with Gasteiger partial charge in [-0.05, 0) is 52.6 Å². The molecule has 1 aliphatic rings. The SMILES string of the molecule is O=C(O)CN1CCCC1c1cc2ccccc2c2ccccc12. The van der Waals surface area contributed by atoms with Gasteiger partial charge < -0.3 is 5.11 Å². The Bertz CT molecular complexity index is 887. The second-order valence-electron chi connectivity index (χ2n) is 6.25. The molecule has 1 saturated heterocycles. The van der Waals surface area contributed by atoms with Crippen LogP contribution in [-0.4, -0.2) is 29.1 Å². The highest BCUT2D eigenvalue weighted by atomic mass is 16.4. The Balaban J connectivity index is 1.93. The van der Waals surface area contributed by atoms with Gasteiger partial charge in [-0.2, -0.15) is 0 Å². The highest BCUT2D eigenvalue weighted by molar-refractivity contribution is 6.09. The Hall–Kier alpha value is -2.39. The fourth-order valence-corrected chi connectivity index (χ4v) is 3.90. The molecule has 1 unspecified atom stereocenters. The van der Waals surface area contributed by atoms with Crippen molar-refractivity contribution in [1.29, 1.82) is 0 Å². The molecule has 1 N–H and O–H groups in total. The van der Waals surface area contributed by atoms with Gasteiger partial charge >= 0.3 is 5.97 Å². The summed E-state index contributed by atoms with van der Waals surface area (Å²) in [7, 11) is 0. The van der Waals surface area contributed by atoms with Gasteiger partial charge in [-0.25, -0.2) is 0 Å². The summed E-state index contributed by atoms with van der Waals surface area (Å²) >= 11 is 0. The number of hydrogen-bond acceptors (Lipinski definition) is 2. The standard InChI is InChI=1S/C20H19NO2/c22-20(23)13-21-11-5-10-19(21)18-12-14-6-1-2-7-15(14)16-8-3-4-9-17(16)18/h1-4,6-9,12,19H,5,10-11,13H2,(H,22,23). The minimum absolute atomic E-state index is 0.117. The second kappa shape index (κ2) is 5.67. The number of rotatable bonds is 3. The number of carboxylic acids is 1. The number of fused-ring (bicyclic) bond motifs is 3. The number of carboxylic acid groups (broad SMARTS) is 1. The van der Waals surface area contributed by atoms with E-state index in [-0.39, 0.29) is 12.6 Å². The van der Waals surface area contributed by atoms with Gasteiger partial charge in [0.1, 0.15) is 0 Å². The molecular formula is C20H19NO2. The predicted molar refractivity (Wildman–Crippen MR) is 92.6 cm³/mol. The van der Waals surface area contributed by atoms with Gasteiger partial charge in [0.2, 0.25) is 0 Å². The monoisotopic (exact) mass is 305 g/mol. The van der Waals surface area contributed by atoms with Crippen molar-refractivity contribution in [3.63, 3.8) is 0 Å². The van der Waals surface area contributed by atoms with Crippen LogP contribution in [0.4, 0.5) is 0 Å². The highest BCUT2D eigenvalue weighted by Gasteiger charge is 2.29. The average molecular weight is 305 g/mol. The molecule has 116 valence electrons. The van der Waals surface area contributed by atoms with Crippen LogP contribution < -0.4 is 0 Å². The predicted octanol–water partition coefficient (Wildman–Crippen LogP) is 4.21. The summed E-state index contributed by atoms with van der Waals surface area (Å²) in [6.07, 6.45) is 2.08. The summed E-state index contributed by atoms with van der Waals surface area (Å²) in [5.41, 5.74) is 1.26. The molecule has 0 spiro atoms. The first-order chi connectivity index (χ1) is 11.2. The number of aliphatic carboxylic acids is 1. The van der Waals surface area contributed by atoms with Crippen LogP contribution in [0.25, 0.3) is 21.5 Å². The lowest BCUT2D eigenvalue weighted by atomic mass is 9.92. The van der Waals surface area contributed by atoms with Gasteiger partial charge in [0.05, 0.1) is 6.54 Å². The van der Waals surface area contributed by atoms with E-state index in [0.717, 1.165) is 19.4 Å². The molecule has 3 aromatic carbocycles. The number of likely N-dealkylation sites (tertiary alicyclic amines) is 1. The Morgan fingerprint density at radius 1 is 1.04 bits per heavy atom. The van der Waals surface area contributed by atoms with Gasteiger partial charge in [0.25, 0.3) is 0 Å². The van der Waals surface area contributed by atoms with E-state index >= 15 is 0 Å². The maximum absolute atomic E-state index is 11.2. The lowest BCUT2D eigenvalue weighted by molar-refractivity contribution is -0.138. The van der Waals surface area contributed by atoms with E-state index in [0.29, 0.717) is 0 Å². The molecule has 0 radical (unpaired) electrons. The van der Waals surface area contributed by atoms with Gasteiger partial charge in [0, 0.05) is 6.04 Å². The zero-order valence-corrected chi connectivity index (χ0v) is 12.9. The Morgan fingerprint density at radius 2 is 1.74 bits per heavy atom. The number of nitrogens with zero attached hydrogens (tertiary/aromatic N) is 1. The molecule has 1 aliphatic heterocycles. The molecule has 0 bridgehead atoms. The normalized spacial score (nSPS) is 18.7. The lowest BCUT2D eigenvalue weighted by Gasteiger charge is -2.25. The molecule has 0 aromatic heterocycles. The summed E-state index contributed by atoms with van der Waals surface area (Å²) in [6, 6.07) is 19.3. The number of hydrogen-bond donors (Lipinski definition) is 1.